The van der Waals surface area contributed by atoms with E-state index in [1.807, 2.05) is 6.07 Å². The summed E-state index contributed by atoms with van der Waals surface area (Å²) in [7, 11) is 0. The van der Waals surface area contributed by atoms with Gasteiger partial charge in [0.1, 0.15) is 5.82 Å². The average molecular weight is 261 g/mol. The van der Waals surface area contributed by atoms with E-state index in [0.717, 1.165) is 36.7 Å². The summed E-state index contributed by atoms with van der Waals surface area (Å²) in [5.74, 6) is 1.78. The Hall–Kier alpha value is -1.42. The van der Waals surface area contributed by atoms with E-state index in [2.05, 4.69) is 47.5 Å². The number of aromatic nitrogens is 2. The molecule has 0 amide bonds. The molecule has 0 radical (unpaired) electrons. The molecule has 0 aliphatic heterocycles. The second-order valence-electron chi connectivity index (χ2n) is 4.28. The fourth-order valence-electron chi connectivity index (χ4n) is 1.73. The summed E-state index contributed by atoms with van der Waals surface area (Å²) in [5, 5.41) is 5.43. The zero-order chi connectivity index (χ0) is 13.0. The molecule has 1 N–H and O–H groups in total. The van der Waals surface area contributed by atoms with E-state index in [9.17, 15) is 0 Å². The molecule has 2 heterocycles. The summed E-state index contributed by atoms with van der Waals surface area (Å²) in [5.41, 5.74) is 2.33. The van der Waals surface area contributed by atoms with Gasteiger partial charge in [-0.1, -0.05) is 13.8 Å². The molecule has 2 aromatic rings. The molecule has 18 heavy (non-hydrogen) atoms. The van der Waals surface area contributed by atoms with Crippen molar-refractivity contribution in [3.63, 3.8) is 0 Å². The second-order valence-corrected chi connectivity index (χ2v) is 5.20. The van der Waals surface area contributed by atoms with Crippen LogP contribution in [0.3, 0.4) is 0 Å². The largest absolute Gasteiger partial charge is 0.370 e. The van der Waals surface area contributed by atoms with Gasteiger partial charge in [-0.3, -0.25) is 0 Å². The molecule has 2 rings (SSSR count). The number of thiophene rings is 1. The molecule has 0 aliphatic rings. The Labute approximate surface area is 112 Å². The van der Waals surface area contributed by atoms with Crippen LogP contribution in [0.15, 0.2) is 17.5 Å². The lowest BCUT2D eigenvalue weighted by Crippen LogP contribution is -2.05. The van der Waals surface area contributed by atoms with Gasteiger partial charge in [0.25, 0.3) is 0 Å². The van der Waals surface area contributed by atoms with Crippen molar-refractivity contribution in [3.8, 4) is 10.7 Å². The van der Waals surface area contributed by atoms with Gasteiger partial charge in [0.15, 0.2) is 5.82 Å². The van der Waals surface area contributed by atoms with E-state index >= 15 is 0 Å². The summed E-state index contributed by atoms with van der Waals surface area (Å²) >= 11 is 1.70. The molecule has 2 aromatic heterocycles. The number of hydrogen-bond acceptors (Lipinski definition) is 4. The standard InChI is InChI=1S/C14H19N3S/c1-4-7-15-12-9-11(5-2)16-14(17-12)13-10(3)6-8-18-13/h6,8-9H,4-5,7H2,1-3H3,(H,15,16,17). The predicted molar refractivity (Wildman–Crippen MR) is 78.2 cm³/mol. The van der Waals surface area contributed by atoms with Crippen LogP contribution in [0.2, 0.25) is 0 Å². The summed E-state index contributed by atoms with van der Waals surface area (Å²) in [6, 6.07) is 4.16. The van der Waals surface area contributed by atoms with Crippen molar-refractivity contribution in [2.75, 3.05) is 11.9 Å². The lowest BCUT2D eigenvalue weighted by Gasteiger charge is -2.08. The molecular formula is C14H19N3S. The number of hydrogen-bond donors (Lipinski definition) is 1. The van der Waals surface area contributed by atoms with Gasteiger partial charge in [-0.2, -0.15) is 0 Å². The van der Waals surface area contributed by atoms with E-state index in [1.165, 1.54) is 10.4 Å². The third-order valence-electron chi connectivity index (χ3n) is 2.76. The van der Waals surface area contributed by atoms with Crippen LogP contribution >= 0.6 is 11.3 Å². The predicted octanol–water partition coefficient (Wildman–Crippen LogP) is 3.90. The Morgan fingerprint density at radius 1 is 1.28 bits per heavy atom. The molecular weight excluding hydrogens is 242 g/mol. The smallest absolute Gasteiger partial charge is 0.172 e. The van der Waals surface area contributed by atoms with Gasteiger partial charge in [0.2, 0.25) is 0 Å². The summed E-state index contributed by atoms with van der Waals surface area (Å²) < 4.78 is 0. The van der Waals surface area contributed by atoms with Gasteiger partial charge in [-0.15, -0.1) is 11.3 Å². The van der Waals surface area contributed by atoms with Crippen LogP contribution in [-0.2, 0) is 6.42 Å². The SMILES string of the molecule is CCCNc1cc(CC)nc(-c2sccc2C)n1. The summed E-state index contributed by atoms with van der Waals surface area (Å²) in [4.78, 5) is 10.4. The van der Waals surface area contributed by atoms with E-state index in [-0.39, 0.29) is 0 Å². The molecule has 0 spiro atoms. The van der Waals surface area contributed by atoms with E-state index in [0.29, 0.717) is 0 Å². The maximum absolute atomic E-state index is 4.62. The molecule has 0 saturated heterocycles. The molecule has 0 saturated carbocycles. The Morgan fingerprint density at radius 3 is 2.72 bits per heavy atom. The molecule has 4 heteroatoms. The van der Waals surface area contributed by atoms with Gasteiger partial charge < -0.3 is 5.32 Å². The first-order valence-electron chi connectivity index (χ1n) is 6.40. The van der Waals surface area contributed by atoms with E-state index < -0.39 is 0 Å². The zero-order valence-electron chi connectivity index (χ0n) is 11.2. The summed E-state index contributed by atoms with van der Waals surface area (Å²) in [6.07, 6.45) is 2.03. The highest BCUT2D eigenvalue weighted by atomic mass is 32.1. The third-order valence-corrected chi connectivity index (χ3v) is 3.78. The minimum atomic E-state index is 0.848. The van der Waals surface area contributed by atoms with Crippen molar-refractivity contribution in [1.29, 1.82) is 0 Å². The number of nitrogens with zero attached hydrogens (tertiary/aromatic N) is 2. The van der Waals surface area contributed by atoms with Gasteiger partial charge >= 0.3 is 0 Å². The van der Waals surface area contributed by atoms with Crippen LogP contribution in [0.5, 0.6) is 0 Å². The van der Waals surface area contributed by atoms with Crippen molar-refractivity contribution >= 4 is 17.2 Å². The van der Waals surface area contributed by atoms with Crippen LogP contribution in [0.4, 0.5) is 5.82 Å². The van der Waals surface area contributed by atoms with Gasteiger partial charge in [0.05, 0.1) is 4.88 Å². The Morgan fingerprint density at radius 2 is 2.11 bits per heavy atom. The maximum Gasteiger partial charge on any atom is 0.172 e. The fourth-order valence-corrected chi connectivity index (χ4v) is 2.58. The normalized spacial score (nSPS) is 10.6. The van der Waals surface area contributed by atoms with Crippen LogP contribution in [0.25, 0.3) is 10.7 Å². The maximum atomic E-state index is 4.62. The van der Waals surface area contributed by atoms with E-state index in [4.69, 9.17) is 0 Å². The Balaban J connectivity index is 2.38. The zero-order valence-corrected chi connectivity index (χ0v) is 12.0. The highest BCUT2D eigenvalue weighted by Gasteiger charge is 2.09. The molecule has 0 atom stereocenters. The quantitative estimate of drug-likeness (QED) is 0.887. The van der Waals surface area contributed by atoms with Gasteiger partial charge in [-0.25, -0.2) is 9.97 Å². The monoisotopic (exact) mass is 261 g/mol. The molecule has 0 fully saturated rings. The van der Waals surface area contributed by atoms with E-state index in [1.54, 1.807) is 11.3 Å². The average Bonchev–Trinajstić information content (AvgIpc) is 2.82. The molecule has 96 valence electrons. The second kappa shape index (κ2) is 5.96. The van der Waals surface area contributed by atoms with Crippen LogP contribution in [-0.4, -0.2) is 16.5 Å². The van der Waals surface area contributed by atoms with Crippen molar-refractivity contribution < 1.29 is 0 Å². The number of aryl methyl sites for hydroxylation is 2. The topological polar surface area (TPSA) is 37.8 Å². The van der Waals surface area contributed by atoms with Crippen LogP contribution in [0.1, 0.15) is 31.5 Å². The molecule has 0 bridgehead atoms. The van der Waals surface area contributed by atoms with Crippen LogP contribution < -0.4 is 5.32 Å². The first-order chi connectivity index (χ1) is 8.74. The Kier molecular flexibility index (Phi) is 4.31. The van der Waals surface area contributed by atoms with Crippen molar-refractivity contribution in [3.05, 3.63) is 28.8 Å². The fraction of sp³-hybridized carbons (Fsp3) is 0.429. The minimum absolute atomic E-state index is 0.848. The van der Waals surface area contributed by atoms with Gasteiger partial charge in [0, 0.05) is 18.3 Å². The molecule has 0 unspecified atom stereocenters. The molecule has 0 aliphatic carbocycles. The highest BCUT2D eigenvalue weighted by molar-refractivity contribution is 7.13. The lowest BCUT2D eigenvalue weighted by atomic mass is 10.2. The van der Waals surface area contributed by atoms with Crippen molar-refractivity contribution in [2.45, 2.75) is 33.6 Å². The Bertz CT molecular complexity index is 520. The number of anilines is 1. The third kappa shape index (κ3) is 2.88. The van der Waals surface area contributed by atoms with Crippen molar-refractivity contribution in [2.24, 2.45) is 0 Å². The molecule has 0 aromatic carbocycles. The number of nitrogens with one attached hydrogen (secondary N) is 1. The number of rotatable bonds is 5. The molecule has 3 nitrogen and oxygen atoms in total. The van der Waals surface area contributed by atoms with Crippen molar-refractivity contribution in [1.82, 2.24) is 9.97 Å². The first kappa shape index (κ1) is 13.0. The van der Waals surface area contributed by atoms with Gasteiger partial charge in [-0.05, 0) is 36.8 Å². The lowest BCUT2D eigenvalue weighted by molar-refractivity contribution is 0.952. The van der Waals surface area contributed by atoms with Crippen LogP contribution in [0, 0.1) is 6.92 Å². The minimum Gasteiger partial charge on any atom is -0.370 e. The first-order valence-corrected chi connectivity index (χ1v) is 7.28. The summed E-state index contributed by atoms with van der Waals surface area (Å²) in [6.45, 7) is 7.33. The highest BCUT2D eigenvalue weighted by Crippen LogP contribution is 2.27.